The smallest absolute Gasteiger partial charge is 0.335 e. The topological polar surface area (TPSA) is 108 Å². The molecular formula is C10H11N3O4. The zero-order valence-electron chi connectivity index (χ0n) is 9.27. The molecule has 0 aromatic carbocycles. The first-order valence-corrected chi connectivity index (χ1v) is 4.69. The van der Waals surface area contributed by atoms with Crippen molar-refractivity contribution < 1.29 is 19.5 Å². The van der Waals surface area contributed by atoms with Crippen molar-refractivity contribution in [3.63, 3.8) is 0 Å². The van der Waals surface area contributed by atoms with Crippen molar-refractivity contribution in [1.82, 2.24) is 4.98 Å². The van der Waals surface area contributed by atoms with Crippen LogP contribution in [0.5, 0.6) is 0 Å². The molecule has 0 aliphatic carbocycles. The van der Waals surface area contributed by atoms with Gasteiger partial charge in [-0.1, -0.05) is 0 Å². The molecule has 0 saturated heterocycles. The molecule has 0 unspecified atom stereocenters. The van der Waals surface area contributed by atoms with Crippen LogP contribution >= 0.6 is 0 Å². The Balaban J connectivity index is 3.13. The zero-order chi connectivity index (χ0) is 13.0. The summed E-state index contributed by atoms with van der Waals surface area (Å²) in [7, 11) is 0. The molecular weight excluding hydrogens is 226 g/mol. The van der Waals surface area contributed by atoms with Crippen molar-refractivity contribution in [3.8, 4) is 0 Å². The van der Waals surface area contributed by atoms with Gasteiger partial charge in [0.05, 0.1) is 5.56 Å². The summed E-state index contributed by atoms with van der Waals surface area (Å²) in [6.45, 7) is 2.54. The highest BCUT2D eigenvalue weighted by atomic mass is 16.4. The second-order valence-corrected chi connectivity index (χ2v) is 3.29. The van der Waals surface area contributed by atoms with Gasteiger partial charge in [0, 0.05) is 13.8 Å². The fraction of sp³-hybridized carbons (Fsp3) is 0.200. The molecule has 90 valence electrons. The number of carboxylic acid groups (broad SMARTS) is 1. The molecule has 1 aromatic heterocycles. The second-order valence-electron chi connectivity index (χ2n) is 3.29. The molecule has 1 aromatic rings. The molecule has 3 N–H and O–H groups in total. The van der Waals surface area contributed by atoms with Crippen LogP contribution in [-0.4, -0.2) is 27.9 Å². The lowest BCUT2D eigenvalue weighted by Crippen LogP contribution is -2.13. The molecule has 0 saturated carbocycles. The van der Waals surface area contributed by atoms with Gasteiger partial charge in [0.1, 0.15) is 11.6 Å². The quantitative estimate of drug-likeness (QED) is 0.716. The van der Waals surface area contributed by atoms with Crippen LogP contribution in [0.15, 0.2) is 12.1 Å². The van der Waals surface area contributed by atoms with Gasteiger partial charge in [-0.15, -0.1) is 0 Å². The van der Waals surface area contributed by atoms with Crippen LogP contribution in [0.4, 0.5) is 11.6 Å². The highest BCUT2D eigenvalue weighted by molar-refractivity contribution is 5.94. The van der Waals surface area contributed by atoms with E-state index in [0.29, 0.717) is 0 Å². The molecule has 0 bridgehead atoms. The highest BCUT2D eigenvalue weighted by Gasteiger charge is 2.10. The number of hydrogen-bond acceptors (Lipinski definition) is 4. The van der Waals surface area contributed by atoms with Crippen LogP contribution in [0, 0.1) is 0 Å². The van der Waals surface area contributed by atoms with Gasteiger partial charge in [0.15, 0.2) is 0 Å². The van der Waals surface area contributed by atoms with Crippen molar-refractivity contribution in [2.45, 2.75) is 13.8 Å². The first-order chi connectivity index (χ1) is 7.88. The van der Waals surface area contributed by atoms with Gasteiger partial charge < -0.3 is 15.7 Å². The lowest BCUT2D eigenvalue weighted by Gasteiger charge is -2.07. The van der Waals surface area contributed by atoms with Crippen LogP contribution in [0.25, 0.3) is 0 Å². The molecule has 0 atom stereocenters. The minimum atomic E-state index is -1.18. The Hall–Kier alpha value is -2.44. The van der Waals surface area contributed by atoms with Crippen LogP contribution in [0.1, 0.15) is 24.2 Å². The van der Waals surface area contributed by atoms with Crippen molar-refractivity contribution in [2.75, 3.05) is 10.6 Å². The van der Waals surface area contributed by atoms with Gasteiger partial charge in [0.25, 0.3) is 0 Å². The molecule has 1 rings (SSSR count). The van der Waals surface area contributed by atoms with Crippen molar-refractivity contribution in [1.29, 1.82) is 0 Å². The molecule has 0 aliphatic rings. The van der Waals surface area contributed by atoms with Gasteiger partial charge >= 0.3 is 5.97 Å². The Kier molecular flexibility index (Phi) is 3.76. The van der Waals surface area contributed by atoms with Gasteiger partial charge in [0.2, 0.25) is 11.8 Å². The monoisotopic (exact) mass is 237 g/mol. The molecule has 2 amide bonds. The number of hydrogen-bond donors (Lipinski definition) is 3. The van der Waals surface area contributed by atoms with Gasteiger partial charge in [-0.05, 0) is 12.1 Å². The van der Waals surface area contributed by atoms with E-state index < -0.39 is 5.97 Å². The Labute approximate surface area is 96.9 Å². The maximum atomic E-state index is 10.8. The maximum Gasteiger partial charge on any atom is 0.335 e. The Bertz CT molecular complexity index is 450. The maximum absolute atomic E-state index is 10.8. The van der Waals surface area contributed by atoms with E-state index in [1.54, 1.807) is 0 Å². The molecule has 0 aliphatic heterocycles. The molecule has 17 heavy (non-hydrogen) atoms. The largest absolute Gasteiger partial charge is 0.478 e. The van der Waals surface area contributed by atoms with Crippen LogP contribution in [0.3, 0.4) is 0 Å². The average molecular weight is 237 g/mol. The minimum absolute atomic E-state index is 0.0705. The number of carbonyl (C=O) groups excluding carboxylic acids is 2. The summed E-state index contributed by atoms with van der Waals surface area (Å²) in [6.07, 6.45) is 0. The van der Waals surface area contributed by atoms with Crippen molar-refractivity contribution in [2.24, 2.45) is 0 Å². The third-order valence-corrected chi connectivity index (χ3v) is 1.68. The first kappa shape index (κ1) is 12.6. The highest BCUT2D eigenvalue weighted by Crippen LogP contribution is 2.14. The fourth-order valence-corrected chi connectivity index (χ4v) is 1.14. The number of pyridine rings is 1. The number of anilines is 2. The van der Waals surface area contributed by atoms with E-state index >= 15 is 0 Å². The number of rotatable bonds is 3. The Morgan fingerprint density at radius 1 is 1.06 bits per heavy atom. The van der Waals surface area contributed by atoms with Crippen molar-refractivity contribution in [3.05, 3.63) is 17.7 Å². The molecule has 7 nitrogen and oxygen atoms in total. The lowest BCUT2D eigenvalue weighted by atomic mass is 10.2. The predicted molar refractivity (Wildman–Crippen MR) is 59.8 cm³/mol. The predicted octanol–water partition coefficient (Wildman–Crippen LogP) is 0.697. The first-order valence-electron chi connectivity index (χ1n) is 4.69. The number of aromatic nitrogens is 1. The third-order valence-electron chi connectivity index (χ3n) is 1.68. The van der Waals surface area contributed by atoms with E-state index in [0.717, 1.165) is 0 Å². The summed E-state index contributed by atoms with van der Waals surface area (Å²) in [4.78, 5) is 36.4. The molecule has 7 heteroatoms. The molecule has 0 fully saturated rings. The van der Waals surface area contributed by atoms with E-state index in [9.17, 15) is 14.4 Å². The number of nitrogens with zero attached hydrogens (tertiary/aromatic N) is 1. The van der Waals surface area contributed by atoms with E-state index in [1.807, 2.05) is 0 Å². The van der Waals surface area contributed by atoms with E-state index in [1.165, 1.54) is 26.0 Å². The minimum Gasteiger partial charge on any atom is -0.478 e. The fourth-order valence-electron chi connectivity index (χ4n) is 1.14. The van der Waals surface area contributed by atoms with E-state index in [4.69, 9.17) is 5.11 Å². The number of aromatic carboxylic acids is 1. The number of carbonyl (C=O) groups is 3. The average Bonchev–Trinajstić information content (AvgIpc) is 2.14. The van der Waals surface area contributed by atoms with Gasteiger partial charge in [-0.2, -0.15) is 0 Å². The summed E-state index contributed by atoms with van der Waals surface area (Å²) in [5.74, 6) is -1.80. The van der Waals surface area contributed by atoms with Crippen LogP contribution in [0.2, 0.25) is 0 Å². The molecule has 0 radical (unpaired) electrons. The standard InChI is InChI=1S/C10H11N3O4/c1-5(14)11-8-3-7(10(16)17)4-9(13-8)12-6(2)15/h3-4H,1-2H3,(H,16,17)(H2,11,12,13,14,15). The second kappa shape index (κ2) is 5.06. The normalized spacial score (nSPS) is 9.53. The Morgan fingerprint density at radius 3 is 1.76 bits per heavy atom. The summed E-state index contributed by atoms with van der Waals surface area (Å²) < 4.78 is 0. The lowest BCUT2D eigenvalue weighted by molar-refractivity contribution is -0.115. The summed E-state index contributed by atoms with van der Waals surface area (Å²) in [5.41, 5.74) is -0.0764. The summed E-state index contributed by atoms with van der Waals surface area (Å²) in [5, 5.41) is 13.5. The number of amides is 2. The van der Waals surface area contributed by atoms with E-state index in [2.05, 4.69) is 15.6 Å². The van der Waals surface area contributed by atoms with Crippen LogP contribution in [-0.2, 0) is 9.59 Å². The Morgan fingerprint density at radius 2 is 1.47 bits per heavy atom. The molecule has 0 spiro atoms. The zero-order valence-corrected chi connectivity index (χ0v) is 9.27. The van der Waals surface area contributed by atoms with E-state index in [-0.39, 0.29) is 29.0 Å². The number of nitrogens with one attached hydrogen (secondary N) is 2. The summed E-state index contributed by atoms with van der Waals surface area (Å²) in [6, 6.07) is 2.41. The summed E-state index contributed by atoms with van der Waals surface area (Å²) >= 11 is 0. The van der Waals surface area contributed by atoms with Crippen LogP contribution < -0.4 is 10.6 Å². The molecule has 1 heterocycles. The third kappa shape index (κ3) is 3.90. The van der Waals surface area contributed by atoms with Crippen molar-refractivity contribution >= 4 is 29.4 Å². The van der Waals surface area contributed by atoms with Gasteiger partial charge in [-0.25, -0.2) is 9.78 Å². The van der Waals surface area contributed by atoms with Gasteiger partial charge in [-0.3, -0.25) is 9.59 Å². The SMILES string of the molecule is CC(=O)Nc1cc(C(=O)O)cc(NC(C)=O)n1. The number of carboxylic acids is 1.